The first-order valence-electron chi connectivity index (χ1n) is 7.30. The number of likely N-dealkylation sites (tertiary alicyclic amines) is 1. The van der Waals surface area contributed by atoms with Crippen LogP contribution in [0.1, 0.15) is 26.7 Å². The van der Waals surface area contributed by atoms with Gasteiger partial charge in [0.15, 0.2) is 0 Å². The number of hydrogen-bond donors (Lipinski definition) is 1. The van der Waals surface area contributed by atoms with Crippen LogP contribution in [0, 0.1) is 5.92 Å². The van der Waals surface area contributed by atoms with Gasteiger partial charge in [-0.15, -0.1) is 11.8 Å². The second kappa shape index (κ2) is 7.14. The van der Waals surface area contributed by atoms with Crippen molar-refractivity contribution in [2.24, 2.45) is 5.92 Å². The number of nitrogens with zero attached hydrogens (tertiary/aromatic N) is 1. The molecule has 0 spiro atoms. The average Bonchev–Trinajstić information content (AvgIpc) is 2.95. The van der Waals surface area contributed by atoms with Gasteiger partial charge in [0.25, 0.3) is 0 Å². The van der Waals surface area contributed by atoms with E-state index in [2.05, 4.69) is 6.92 Å². The van der Waals surface area contributed by atoms with Crippen molar-refractivity contribution in [3.8, 4) is 0 Å². The molecule has 0 aromatic heterocycles. The number of hydrogen-bond acceptors (Lipinski definition) is 3. The van der Waals surface area contributed by atoms with E-state index in [1.54, 1.807) is 11.8 Å². The summed E-state index contributed by atoms with van der Waals surface area (Å²) in [6.45, 7) is 5.35. The third-order valence-electron chi connectivity index (χ3n) is 3.89. The normalized spacial score (nSPS) is 21.8. The molecule has 1 amide bonds. The second-order valence-corrected chi connectivity index (χ2v) is 6.68. The standard InChI is InChI=1S/C16H23NO2S/c1-3-15(20-14-7-5-4-6-8-14)16(19)17-10-9-13(11-17)12(2)18/h4-8,12-13,15,18H,3,9-11H2,1-2H3. The van der Waals surface area contributed by atoms with Gasteiger partial charge < -0.3 is 10.0 Å². The Labute approximate surface area is 125 Å². The van der Waals surface area contributed by atoms with Crippen molar-refractivity contribution < 1.29 is 9.90 Å². The third kappa shape index (κ3) is 3.76. The molecule has 4 heteroatoms. The Balaban J connectivity index is 1.96. The number of aliphatic hydroxyl groups is 1. The van der Waals surface area contributed by atoms with Crippen molar-refractivity contribution in [2.45, 2.75) is 42.9 Å². The van der Waals surface area contributed by atoms with Crippen LogP contribution in [0.25, 0.3) is 0 Å². The minimum absolute atomic E-state index is 0.0230. The summed E-state index contributed by atoms with van der Waals surface area (Å²) in [6, 6.07) is 10.1. The molecule has 1 fully saturated rings. The minimum atomic E-state index is -0.324. The van der Waals surface area contributed by atoms with Crippen LogP contribution >= 0.6 is 11.8 Å². The van der Waals surface area contributed by atoms with Crippen LogP contribution in [0.5, 0.6) is 0 Å². The van der Waals surface area contributed by atoms with Gasteiger partial charge in [0, 0.05) is 23.9 Å². The highest BCUT2D eigenvalue weighted by Crippen LogP contribution is 2.29. The summed E-state index contributed by atoms with van der Waals surface area (Å²) in [5, 5.41) is 9.62. The molecule has 1 N–H and O–H groups in total. The van der Waals surface area contributed by atoms with Crippen LogP contribution in [0.4, 0.5) is 0 Å². The zero-order valence-corrected chi connectivity index (χ0v) is 13.0. The first kappa shape index (κ1) is 15.4. The van der Waals surface area contributed by atoms with Crippen molar-refractivity contribution in [3.05, 3.63) is 30.3 Å². The highest BCUT2D eigenvalue weighted by Gasteiger charge is 2.32. The lowest BCUT2D eigenvalue weighted by atomic mass is 10.0. The predicted molar refractivity (Wildman–Crippen MR) is 82.7 cm³/mol. The summed E-state index contributed by atoms with van der Waals surface area (Å²) in [5.74, 6) is 0.447. The maximum Gasteiger partial charge on any atom is 0.236 e. The Morgan fingerprint density at radius 3 is 2.70 bits per heavy atom. The fraction of sp³-hybridized carbons (Fsp3) is 0.562. The molecule has 0 saturated carbocycles. The van der Waals surface area contributed by atoms with Crippen molar-refractivity contribution in [2.75, 3.05) is 13.1 Å². The van der Waals surface area contributed by atoms with Gasteiger partial charge in [-0.3, -0.25) is 4.79 Å². The number of thioether (sulfide) groups is 1. The molecule has 1 saturated heterocycles. The van der Waals surface area contributed by atoms with Gasteiger partial charge in [-0.2, -0.15) is 0 Å². The molecule has 0 radical (unpaired) electrons. The van der Waals surface area contributed by atoms with E-state index in [1.165, 1.54) is 0 Å². The van der Waals surface area contributed by atoms with Gasteiger partial charge in [-0.05, 0) is 31.9 Å². The summed E-state index contributed by atoms with van der Waals surface area (Å²) in [7, 11) is 0. The Morgan fingerprint density at radius 1 is 1.45 bits per heavy atom. The minimum Gasteiger partial charge on any atom is -0.393 e. The number of aliphatic hydroxyl groups excluding tert-OH is 1. The number of carbonyl (C=O) groups excluding carboxylic acids is 1. The van der Waals surface area contributed by atoms with Crippen LogP contribution in [0.3, 0.4) is 0 Å². The molecule has 1 aromatic rings. The first-order valence-corrected chi connectivity index (χ1v) is 8.18. The lowest BCUT2D eigenvalue weighted by molar-refractivity contribution is -0.129. The van der Waals surface area contributed by atoms with Crippen LogP contribution in [-0.4, -0.2) is 40.4 Å². The van der Waals surface area contributed by atoms with E-state index in [4.69, 9.17) is 0 Å². The molecular weight excluding hydrogens is 270 g/mol. The topological polar surface area (TPSA) is 40.5 Å². The van der Waals surface area contributed by atoms with Gasteiger partial charge in [0.1, 0.15) is 0 Å². The van der Waals surface area contributed by atoms with Gasteiger partial charge in [-0.25, -0.2) is 0 Å². The van der Waals surface area contributed by atoms with Crippen LogP contribution in [0.15, 0.2) is 35.2 Å². The molecule has 0 bridgehead atoms. The lowest BCUT2D eigenvalue weighted by Crippen LogP contribution is -2.36. The molecular formula is C16H23NO2S. The maximum absolute atomic E-state index is 12.6. The van der Waals surface area contributed by atoms with Crippen LogP contribution in [0.2, 0.25) is 0 Å². The Morgan fingerprint density at radius 2 is 2.15 bits per heavy atom. The molecule has 0 aliphatic carbocycles. The number of carbonyl (C=O) groups is 1. The summed E-state index contributed by atoms with van der Waals surface area (Å²) in [4.78, 5) is 15.6. The van der Waals surface area contributed by atoms with Crippen molar-refractivity contribution in [1.29, 1.82) is 0 Å². The molecule has 1 heterocycles. The van der Waals surface area contributed by atoms with Gasteiger partial charge >= 0.3 is 0 Å². The van der Waals surface area contributed by atoms with E-state index in [9.17, 15) is 9.90 Å². The SMILES string of the molecule is CCC(Sc1ccccc1)C(=O)N1CCC(C(C)O)C1. The molecule has 110 valence electrons. The van der Waals surface area contributed by atoms with E-state index in [0.717, 1.165) is 24.3 Å². The van der Waals surface area contributed by atoms with Gasteiger partial charge in [-0.1, -0.05) is 25.1 Å². The summed E-state index contributed by atoms with van der Waals surface area (Å²) >= 11 is 1.64. The smallest absolute Gasteiger partial charge is 0.236 e. The van der Waals surface area contributed by atoms with Crippen LogP contribution < -0.4 is 0 Å². The van der Waals surface area contributed by atoms with Gasteiger partial charge in [0.2, 0.25) is 5.91 Å². The fourth-order valence-corrected chi connectivity index (χ4v) is 3.62. The summed E-state index contributed by atoms with van der Waals surface area (Å²) in [6.07, 6.45) is 1.42. The molecule has 1 aromatic carbocycles. The average molecular weight is 293 g/mol. The van der Waals surface area contributed by atoms with Crippen LogP contribution in [-0.2, 0) is 4.79 Å². The quantitative estimate of drug-likeness (QED) is 0.849. The molecule has 1 aliphatic rings. The monoisotopic (exact) mass is 293 g/mol. The largest absolute Gasteiger partial charge is 0.393 e. The highest BCUT2D eigenvalue weighted by molar-refractivity contribution is 8.00. The van der Waals surface area contributed by atoms with E-state index >= 15 is 0 Å². The van der Waals surface area contributed by atoms with E-state index < -0.39 is 0 Å². The molecule has 1 aliphatic heterocycles. The highest BCUT2D eigenvalue weighted by atomic mass is 32.2. The van der Waals surface area contributed by atoms with Crippen molar-refractivity contribution in [1.82, 2.24) is 4.90 Å². The Kier molecular flexibility index (Phi) is 5.49. The second-order valence-electron chi connectivity index (χ2n) is 5.40. The molecule has 2 rings (SSSR count). The summed E-state index contributed by atoms with van der Waals surface area (Å²) < 4.78 is 0. The number of rotatable bonds is 5. The summed E-state index contributed by atoms with van der Waals surface area (Å²) in [5.41, 5.74) is 0. The van der Waals surface area contributed by atoms with Gasteiger partial charge in [0.05, 0.1) is 11.4 Å². The molecule has 3 unspecified atom stereocenters. The van der Waals surface area contributed by atoms with E-state index in [0.29, 0.717) is 6.54 Å². The number of amides is 1. The Bertz CT molecular complexity index is 435. The molecule has 3 nitrogen and oxygen atoms in total. The van der Waals surface area contributed by atoms with Crippen molar-refractivity contribution in [3.63, 3.8) is 0 Å². The predicted octanol–water partition coefficient (Wildman–Crippen LogP) is 2.79. The van der Waals surface area contributed by atoms with E-state index in [-0.39, 0.29) is 23.2 Å². The fourth-order valence-electron chi connectivity index (χ4n) is 2.56. The third-order valence-corrected chi connectivity index (χ3v) is 5.25. The zero-order chi connectivity index (χ0) is 14.5. The molecule has 3 atom stereocenters. The first-order chi connectivity index (χ1) is 9.61. The molecule has 20 heavy (non-hydrogen) atoms. The van der Waals surface area contributed by atoms with E-state index in [1.807, 2.05) is 42.2 Å². The van der Waals surface area contributed by atoms with Crippen molar-refractivity contribution >= 4 is 17.7 Å². The number of benzene rings is 1. The maximum atomic E-state index is 12.6. The Hall–Kier alpha value is -1.00. The zero-order valence-electron chi connectivity index (χ0n) is 12.2. The lowest BCUT2D eigenvalue weighted by Gasteiger charge is -2.23.